The third-order valence-electron chi connectivity index (χ3n) is 3.00. The summed E-state index contributed by atoms with van der Waals surface area (Å²) in [5.41, 5.74) is 0.725. The van der Waals surface area contributed by atoms with Crippen molar-refractivity contribution in [2.45, 2.75) is 4.90 Å². The van der Waals surface area contributed by atoms with E-state index in [1.807, 2.05) is 30.3 Å². The van der Waals surface area contributed by atoms with Gasteiger partial charge >= 0.3 is 6.09 Å². The average Bonchev–Trinajstić information content (AvgIpc) is 2.72. The molecule has 5 nitrogen and oxygen atoms in total. The molecule has 6 heteroatoms. The van der Waals surface area contributed by atoms with Crippen molar-refractivity contribution >= 4 is 22.4 Å². The molecule has 0 saturated heterocycles. The highest BCUT2D eigenvalue weighted by atomic mass is 32.3. The van der Waals surface area contributed by atoms with Crippen LogP contribution in [0.2, 0.25) is 0 Å². The van der Waals surface area contributed by atoms with E-state index in [0.717, 1.165) is 10.5 Å². The number of hydrogen-bond acceptors (Lipinski definition) is 4. The maximum Gasteiger partial charge on any atom is 0.418 e. The Kier molecular flexibility index (Phi) is 3.40. The molecule has 0 fully saturated rings. The topological polar surface area (TPSA) is 70.9 Å². The lowest BCUT2D eigenvalue weighted by atomic mass is 10.2. The van der Waals surface area contributed by atoms with E-state index >= 15 is 0 Å². The smallest absolute Gasteiger partial charge is 0.410 e. The molecule has 0 aromatic heterocycles. The van der Waals surface area contributed by atoms with Crippen molar-refractivity contribution in [1.29, 1.82) is 0 Å². The normalized spacial score (nSPS) is 22.7. The van der Waals surface area contributed by atoms with Crippen LogP contribution in [0.5, 0.6) is 5.75 Å². The number of carbonyl (C=O) groups is 1. The quantitative estimate of drug-likeness (QED) is 0.848. The number of benzene rings is 2. The fourth-order valence-corrected chi connectivity index (χ4v) is 3.60. The van der Waals surface area contributed by atoms with Crippen molar-refractivity contribution in [2.24, 2.45) is 4.40 Å². The predicted octanol–water partition coefficient (Wildman–Crippen LogP) is 3.42. The molecule has 0 radical (unpaired) electrons. The molecule has 1 atom stereocenters. The molecule has 108 valence electrons. The van der Waals surface area contributed by atoms with E-state index in [9.17, 15) is 9.35 Å². The molecule has 2 aromatic carbocycles. The highest BCUT2D eigenvalue weighted by Crippen LogP contribution is 2.55. The van der Waals surface area contributed by atoms with Crippen LogP contribution in [-0.4, -0.2) is 22.7 Å². The van der Waals surface area contributed by atoms with E-state index in [1.54, 1.807) is 30.5 Å². The van der Waals surface area contributed by atoms with Crippen LogP contribution >= 0.6 is 10.5 Å². The number of rotatable bonds is 1. The van der Waals surface area contributed by atoms with Crippen molar-refractivity contribution in [3.05, 3.63) is 60.2 Å². The van der Waals surface area contributed by atoms with Crippen LogP contribution in [0.25, 0.3) is 0 Å². The number of amides is 1. The van der Waals surface area contributed by atoms with Gasteiger partial charge in [0.2, 0.25) is 0 Å². The van der Waals surface area contributed by atoms with Gasteiger partial charge in [-0.05, 0) is 28.7 Å². The zero-order chi connectivity index (χ0) is 14.9. The lowest BCUT2D eigenvalue weighted by Crippen LogP contribution is -2.32. The molecule has 21 heavy (non-hydrogen) atoms. The van der Waals surface area contributed by atoms with Crippen LogP contribution in [0, 0.1) is 0 Å². The van der Waals surface area contributed by atoms with E-state index in [4.69, 9.17) is 4.74 Å². The van der Waals surface area contributed by atoms with E-state index < -0.39 is 16.6 Å². The van der Waals surface area contributed by atoms with Gasteiger partial charge in [-0.2, -0.15) is 4.40 Å². The van der Waals surface area contributed by atoms with Crippen molar-refractivity contribution in [1.82, 2.24) is 5.32 Å². The summed E-state index contributed by atoms with van der Waals surface area (Å²) in [5.74, 6) is 0.785. The maximum atomic E-state index is 11.9. The molecule has 3 rings (SSSR count). The Labute approximate surface area is 123 Å². The summed E-state index contributed by atoms with van der Waals surface area (Å²) in [6.07, 6.45) is 1.02. The standard InChI is InChI=1S/C15H14N2O3S/c1-21(19)13-10-6-5-9-12(13)14(17-21)16-15(18)20-11-7-3-2-4-8-11/h2-10,19H,1H3,(H,16,17,18). The fraction of sp³-hybridized carbons (Fsp3) is 0.0667. The summed E-state index contributed by atoms with van der Waals surface area (Å²) in [7, 11) is -2.26. The van der Waals surface area contributed by atoms with E-state index in [2.05, 4.69) is 9.71 Å². The Balaban J connectivity index is 1.78. The summed E-state index contributed by atoms with van der Waals surface area (Å²) >= 11 is 0. The summed E-state index contributed by atoms with van der Waals surface area (Å²) in [6, 6.07) is 16.1. The monoisotopic (exact) mass is 302 g/mol. The van der Waals surface area contributed by atoms with E-state index in [1.165, 1.54) is 0 Å². The van der Waals surface area contributed by atoms with Crippen molar-refractivity contribution in [3.63, 3.8) is 0 Å². The van der Waals surface area contributed by atoms with Gasteiger partial charge in [-0.1, -0.05) is 36.4 Å². The van der Waals surface area contributed by atoms with Crippen LogP contribution in [-0.2, 0) is 0 Å². The van der Waals surface area contributed by atoms with Crippen LogP contribution < -0.4 is 10.1 Å². The molecule has 1 aliphatic rings. The Morgan fingerprint density at radius 1 is 1.14 bits per heavy atom. The summed E-state index contributed by atoms with van der Waals surface area (Å²) in [5, 5.41) is 2.59. The molecule has 0 aliphatic carbocycles. The Hall–Kier alpha value is -2.31. The number of ether oxygens (including phenoxy) is 1. The third-order valence-corrected chi connectivity index (χ3v) is 4.73. The molecular weight excluding hydrogens is 288 g/mol. The maximum absolute atomic E-state index is 11.9. The Bertz CT molecular complexity index is 714. The zero-order valence-electron chi connectivity index (χ0n) is 11.3. The van der Waals surface area contributed by atoms with Gasteiger partial charge in [0.25, 0.3) is 0 Å². The second kappa shape index (κ2) is 5.23. The Morgan fingerprint density at radius 3 is 2.57 bits per heavy atom. The molecule has 0 bridgehead atoms. The number of nitrogens with zero attached hydrogens (tertiary/aromatic N) is 1. The van der Waals surface area contributed by atoms with Crippen LogP contribution in [0.3, 0.4) is 0 Å². The number of carbonyl (C=O) groups excluding carboxylic acids is 1. The number of amidine groups is 1. The summed E-state index contributed by atoms with van der Waals surface area (Å²) in [4.78, 5) is 12.6. The van der Waals surface area contributed by atoms with Crippen LogP contribution in [0.15, 0.2) is 63.9 Å². The van der Waals surface area contributed by atoms with E-state index in [0.29, 0.717) is 11.6 Å². The van der Waals surface area contributed by atoms with Gasteiger partial charge in [-0.15, -0.1) is 0 Å². The Morgan fingerprint density at radius 2 is 1.81 bits per heavy atom. The van der Waals surface area contributed by atoms with Gasteiger partial charge in [0.1, 0.15) is 5.75 Å². The minimum absolute atomic E-state index is 0.339. The van der Waals surface area contributed by atoms with Gasteiger partial charge in [0.05, 0.1) is 0 Å². The minimum Gasteiger partial charge on any atom is -0.410 e. The van der Waals surface area contributed by atoms with Crippen LogP contribution in [0.4, 0.5) is 4.79 Å². The van der Waals surface area contributed by atoms with Crippen molar-refractivity contribution < 1.29 is 14.1 Å². The zero-order valence-corrected chi connectivity index (χ0v) is 12.1. The molecule has 0 spiro atoms. The molecule has 2 N–H and O–H groups in total. The molecule has 2 aromatic rings. The second-order valence-electron chi connectivity index (χ2n) is 4.60. The highest BCUT2D eigenvalue weighted by Gasteiger charge is 2.30. The lowest BCUT2D eigenvalue weighted by Gasteiger charge is -2.19. The third kappa shape index (κ3) is 2.76. The molecule has 0 saturated carbocycles. The first kappa shape index (κ1) is 13.7. The number of nitrogens with one attached hydrogen (secondary N) is 1. The van der Waals surface area contributed by atoms with Gasteiger partial charge in [-0.3, -0.25) is 5.32 Å². The fourth-order valence-electron chi connectivity index (χ4n) is 2.08. The van der Waals surface area contributed by atoms with Crippen LogP contribution in [0.1, 0.15) is 5.56 Å². The predicted molar refractivity (Wildman–Crippen MR) is 83.0 cm³/mol. The molecular formula is C15H14N2O3S. The van der Waals surface area contributed by atoms with Gasteiger partial charge in [0.15, 0.2) is 5.84 Å². The van der Waals surface area contributed by atoms with Crippen molar-refractivity contribution in [3.8, 4) is 5.75 Å². The highest BCUT2D eigenvalue weighted by molar-refractivity contribution is 8.27. The lowest BCUT2D eigenvalue weighted by molar-refractivity contribution is 0.206. The first-order chi connectivity index (χ1) is 10.1. The second-order valence-corrected chi connectivity index (χ2v) is 6.89. The largest absolute Gasteiger partial charge is 0.418 e. The summed E-state index contributed by atoms with van der Waals surface area (Å²) < 4.78 is 19.7. The first-order valence-corrected chi connectivity index (χ1v) is 8.26. The van der Waals surface area contributed by atoms with Crippen molar-refractivity contribution in [2.75, 3.05) is 6.26 Å². The number of para-hydroxylation sites is 1. The SMILES string of the molecule is CS1(O)N=C(NC(=O)Oc2ccccc2)c2ccccc21. The van der Waals surface area contributed by atoms with E-state index in [-0.39, 0.29) is 0 Å². The van der Waals surface area contributed by atoms with Gasteiger partial charge in [-0.25, -0.2) is 4.79 Å². The van der Waals surface area contributed by atoms with Gasteiger partial charge in [0, 0.05) is 16.7 Å². The molecule has 1 heterocycles. The number of hydrogen-bond donors (Lipinski definition) is 2. The molecule has 1 unspecified atom stereocenters. The van der Waals surface area contributed by atoms with Gasteiger partial charge < -0.3 is 9.29 Å². The average molecular weight is 302 g/mol. The first-order valence-electron chi connectivity index (χ1n) is 6.30. The molecule has 1 aliphatic heterocycles. The summed E-state index contributed by atoms with van der Waals surface area (Å²) in [6.45, 7) is 0. The minimum atomic E-state index is -2.26. The molecule has 1 amide bonds. The number of fused-ring (bicyclic) bond motifs is 1.